The molecule has 2 amide bonds. The van der Waals surface area contributed by atoms with Gasteiger partial charge in [-0.2, -0.15) is 0 Å². The molecule has 0 unspecified atom stereocenters. The highest BCUT2D eigenvalue weighted by molar-refractivity contribution is 5.96. The van der Waals surface area contributed by atoms with Gasteiger partial charge in [-0.15, -0.1) is 0 Å². The van der Waals surface area contributed by atoms with Crippen molar-refractivity contribution in [2.75, 3.05) is 6.54 Å². The number of primary amides is 1. The van der Waals surface area contributed by atoms with Crippen LogP contribution >= 0.6 is 0 Å². The molecule has 0 heterocycles. The number of amides is 2. The van der Waals surface area contributed by atoms with Crippen LogP contribution in [0.1, 0.15) is 21.5 Å². The summed E-state index contributed by atoms with van der Waals surface area (Å²) in [4.78, 5) is 25.2. The summed E-state index contributed by atoms with van der Waals surface area (Å²) in [6.45, 7) is 2.25. The van der Waals surface area contributed by atoms with Crippen LogP contribution < -0.4 is 5.73 Å². The summed E-state index contributed by atoms with van der Waals surface area (Å²) in [6, 6.07) is 28.7. The van der Waals surface area contributed by atoms with Crippen molar-refractivity contribution >= 4 is 11.8 Å². The standard InChI is InChI=1S/C17H18N2O2.C6H6/c1-13-7-5-6-10-15(13)11-19(12-16(18)20)17(21)14-8-3-2-4-9-14;1-2-4-6-5-3-1/h2-10H,11-12H2,1H3,(H2,18,20);1-6H. The Kier molecular flexibility index (Phi) is 7.79. The first-order chi connectivity index (χ1) is 13.1. The van der Waals surface area contributed by atoms with Crippen molar-refractivity contribution in [2.45, 2.75) is 13.5 Å². The van der Waals surface area contributed by atoms with Crippen LogP contribution in [0.2, 0.25) is 0 Å². The average molecular weight is 360 g/mol. The molecule has 27 heavy (non-hydrogen) atoms. The van der Waals surface area contributed by atoms with Gasteiger partial charge in [-0.1, -0.05) is 78.9 Å². The number of nitrogens with zero attached hydrogens (tertiary/aromatic N) is 1. The van der Waals surface area contributed by atoms with E-state index in [1.807, 2.05) is 73.7 Å². The fraction of sp³-hybridized carbons (Fsp3) is 0.130. The maximum absolute atomic E-state index is 12.5. The van der Waals surface area contributed by atoms with E-state index < -0.39 is 5.91 Å². The molecule has 4 nitrogen and oxygen atoms in total. The van der Waals surface area contributed by atoms with Gasteiger partial charge in [0.2, 0.25) is 5.91 Å². The zero-order chi connectivity index (χ0) is 19.5. The Labute approximate surface area is 160 Å². The SMILES string of the molecule is Cc1ccccc1CN(CC(N)=O)C(=O)c1ccccc1.c1ccccc1. The summed E-state index contributed by atoms with van der Waals surface area (Å²) in [5.41, 5.74) is 7.90. The molecule has 0 spiro atoms. The molecule has 3 rings (SSSR count). The predicted octanol–water partition coefficient (Wildman–Crippen LogP) is 3.81. The molecule has 0 atom stereocenters. The van der Waals surface area contributed by atoms with Crippen LogP contribution in [0.3, 0.4) is 0 Å². The smallest absolute Gasteiger partial charge is 0.254 e. The maximum atomic E-state index is 12.5. The first-order valence-electron chi connectivity index (χ1n) is 8.75. The van der Waals surface area contributed by atoms with E-state index in [0.29, 0.717) is 12.1 Å². The Morgan fingerprint density at radius 1 is 0.778 bits per heavy atom. The fourth-order valence-corrected chi connectivity index (χ4v) is 2.53. The van der Waals surface area contributed by atoms with E-state index in [1.165, 1.54) is 4.90 Å². The van der Waals surface area contributed by atoms with Crippen molar-refractivity contribution in [3.05, 3.63) is 108 Å². The highest BCUT2D eigenvalue weighted by Crippen LogP contribution is 2.13. The number of hydrogen-bond acceptors (Lipinski definition) is 2. The highest BCUT2D eigenvalue weighted by Gasteiger charge is 2.18. The van der Waals surface area contributed by atoms with Gasteiger partial charge in [-0.3, -0.25) is 9.59 Å². The Bertz CT molecular complexity index is 822. The molecular weight excluding hydrogens is 336 g/mol. The number of nitrogens with two attached hydrogens (primary N) is 1. The molecular formula is C23H24N2O2. The molecule has 0 aliphatic heterocycles. The molecule has 0 radical (unpaired) electrons. The van der Waals surface area contributed by atoms with E-state index in [4.69, 9.17) is 5.73 Å². The third-order valence-corrected chi connectivity index (χ3v) is 3.94. The van der Waals surface area contributed by atoms with Crippen molar-refractivity contribution in [1.82, 2.24) is 4.90 Å². The molecule has 0 fully saturated rings. The predicted molar refractivity (Wildman–Crippen MR) is 108 cm³/mol. The summed E-state index contributed by atoms with van der Waals surface area (Å²) >= 11 is 0. The second-order valence-electron chi connectivity index (χ2n) is 6.07. The molecule has 0 bridgehead atoms. The molecule has 0 aliphatic rings. The number of benzene rings is 3. The van der Waals surface area contributed by atoms with E-state index in [-0.39, 0.29) is 12.5 Å². The zero-order valence-electron chi connectivity index (χ0n) is 15.4. The van der Waals surface area contributed by atoms with E-state index in [2.05, 4.69) is 0 Å². The van der Waals surface area contributed by atoms with E-state index in [1.54, 1.807) is 24.3 Å². The fourth-order valence-electron chi connectivity index (χ4n) is 2.53. The van der Waals surface area contributed by atoms with Crippen LogP contribution in [0.4, 0.5) is 0 Å². The van der Waals surface area contributed by atoms with Crippen molar-refractivity contribution in [1.29, 1.82) is 0 Å². The van der Waals surface area contributed by atoms with Crippen molar-refractivity contribution in [3.63, 3.8) is 0 Å². The number of carbonyl (C=O) groups is 2. The normalized spacial score (nSPS) is 9.67. The average Bonchev–Trinajstić information content (AvgIpc) is 2.71. The second kappa shape index (κ2) is 10.6. The van der Waals surface area contributed by atoms with Gasteiger partial charge in [0, 0.05) is 12.1 Å². The molecule has 138 valence electrons. The van der Waals surface area contributed by atoms with Gasteiger partial charge in [0.25, 0.3) is 5.91 Å². The first-order valence-corrected chi connectivity index (χ1v) is 8.75. The maximum Gasteiger partial charge on any atom is 0.254 e. The largest absolute Gasteiger partial charge is 0.368 e. The molecule has 0 aromatic heterocycles. The zero-order valence-corrected chi connectivity index (χ0v) is 15.4. The summed E-state index contributed by atoms with van der Waals surface area (Å²) in [5, 5.41) is 0. The van der Waals surface area contributed by atoms with Crippen molar-refractivity contribution in [2.24, 2.45) is 5.73 Å². The molecule has 3 aromatic rings. The minimum Gasteiger partial charge on any atom is -0.368 e. The van der Waals surface area contributed by atoms with Gasteiger partial charge < -0.3 is 10.6 Å². The van der Waals surface area contributed by atoms with Gasteiger partial charge in [0.05, 0.1) is 6.54 Å². The Morgan fingerprint density at radius 2 is 1.26 bits per heavy atom. The van der Waals surface area contributed by atoms with Gasteiger partial charge in [-0.05, 0) is 30.2 Å². The van der Waals surface area contributed by atoms with Crippen LogP contribution in [0.25, 0.3) is 0 Å². The third-order valence-electron chi connectivity index (χ3n) is 3.94. The van der Waals surface area contributed by atoms with Gasteiger partial charge in [-0.25, -0.2) is 0 Å². The minimum absolute atomic E-state index is 0.0952. The summed E-state index contributed by atoms with van der Waals surface area (Å²) in [5.74, 6) is -0.717. The molecule has 4 heteroatoms. The Balaban J connectivity index is 0.000000369. The van der Waals surface area contributed by atoms with Gasteiger partial charge in [0.15, 0.2) is 0 Å². The van der Waals surface area contributed by atoms with Crippen LogP contribution in [0, 0.1) is 6.92 Å². The number of rotatable bonds is 5. The lowest BCUT2D eigenvalue weighted by molar-refractivity contribution is -0.118. The monoisotopic (exact) mass is 360 g/mol. The second-order valence-corrected chi connectivity index (χ2v) is 6.07. The van der Waals surface area contributed by atoms with E-state index >= 15 is 0 Å². The highest BCUT2D eigenvalue weighted by atomic mass is 16.2. The molecule has 0 saturated heterocycles. The van der Waals surface area contributed by atoms with Gasteiger partial charge in [0.1, 0.15) is 0 Å². The Morgan fingerprint density at radius 3 is 1.78 bits per heavy atom. The first kappa shape index (κ1) is 19.9. The van der Waals surface area contributed by atoms with E-state index in [0.717, 1.165) is 11.1 Å². The number of carbonyl (C=O) groups excluding carboxylic acids is 2. The molecule has 2 N–H and O–H groups in total. The minimum atomic E-state index is -0.520. The lowest BCUT2D eigenvalue weighted by atomic mass is 10.1. The quantitative estimate of drug-likeness (QED) is 0.752. The number of hydrogen-bond donors (Lipinski definition) is 1. The summed E-state index contributed by atoms with van der Waals surface area (Å²) in [7, 11) is 0. The van der Waals surface area contributed by atoms with Crippen LogP contribution in [0.15, 0.2) is 91.0 Å². The van der Waals surface area contributed by atoms with Crippen molar-refractivity contribution in [3.8, 4) is 0 Å². The van der Waals surface area contributed by atoms with E-state index in [9.17, 15) is 9.59 Å². The number of aryl methyl sites for hydroxylation is 1. The lowest BCUT2D eigenvalue weighted by Crippen LogP contribution is -2.38. The summed E-state index contributed by atoms with van der Waals surface area (Å²) < 4.78 is 0. The topological polar surface area (TPSA) is 63.4 Å². The third kappa shape index (κ3) is 6.78. The molecule has 3 aromatic carbocycles. The van der Waals surface area contributed by atoms with Crippen LogP contribution in [-0.4, -0.2) is 23.3 Å². The Hall–Kier alpha value is -3.40. The van der Waals surface area contributed by atoms with Crippen LogP contribution in [-0.2, 0) is 11.3 Å². The lowest BCUT2D eigenvalue weighted by Gasteiger charge is -2.22. The molecule has 0 aliphatic carbocycles. The van der Waals surface area contributed by atoms with Crippen molar-refractivity contribution < 1.29 is 9.59 Å². The summed E-state index contributed by atoms with van der Waals surface area (Å²) in [6.07, 6.45) is 0. The van der Waals surface area contributed by atoms with Crippen LogP contribution in [0.5, 0.6) is 0 Å². The molecule has 0 saturated carbocycles. The van der Waals surface area contributed by atoms with Gasteiger partial charge >= 0.3 is 0 Å².